The average Bonchev–Trinajstić information content (AvgIpc) is 2.57. The molecule has 0 spiro atoms. The first-order valence-corrected chi connectivity index (χ1v) is 6.71. The molecule has 94 valence electrons. The van der Waals surface area contributed by atoms with E-state index in [2.05, 4.69) is 39.8 Å². The fourth-order valence-electron chi connectivity index (χ4n) is 3.58. The van der Waals surface area contributed by atoms with E-state index in [0.29, 0.717) is 5.92 Å². The van der Waals surface area contributed by atoms with E-state index in [1.165, 1.54) is 17.4 Å². The Morgan fingerprint density at radius 3 is 2.41 bits per heavy atom. The molecule has 1 nitrogen and oxygen atoms in total. The van der Waals surface area contributed by atoms with Gasteiger partial charge < -0.3 is 4.79 Å². The molecule has 17 heavy (non-hydrogen) atoms. The molecular weight excluding hydrogens is 208 g/mol. The lowest BCUT2D eigenvalue weighted by Crippen LogP contribution is -2.40. The number of rotatable bonds is 2. The van der Waals surface area contributed by atoms with Crippen LogP contribution in [0.2, 0.25) is 0 Å². The van der Waals surface area contributed by atoms with Gasteiger partial charge in [-0.1, -0.05) is 37.1 Å². The molecule has 0 aromatic rings. The van der Waals surface area contributed by atoms with Crippen molar-refractivity contribution in [3.63, 3.8) is 0 Å². The van der Waals surface area contributed by atoms with Gasteiger partial charge >= 0.3 is 0 Å². The van der Waals surface area contributed by atoms with Gasteiger partial charge in [0.15, 0.2) is 0 Å². The van der Waals surface area contributed by atoms with E-state index in [1.807, 2.05) is 0 Å². The van der Waals surface area contributed by atoms with Crippen molar-refractivity contribution < 1.29 is 4.79 Å². The van der Waals surface area contributed by atoms with Gasteiger partial charge in [0.1, 0.15) is 6.29 Å². The number of hydrogen-bond acceptors (Lipinski definition) is 1. The molecule has 2 aliphatic rings. The van der Waals surface area contributed by atoms with E-state index >= 15 is 0 Å². The third kappa shape index (κ3) is 1.90. The Labute approximate surface area is 105 Å². The lowest BCUT2D eigenvalue weighted by Gasteiger charge is -2.44. The van der Waals surface area contributed by atoms with Crippen LogP contribution in [0, 0.1) is 16.7 Å². The highest BCUT2D eigenvalue weighted by atomic mass is 16.1. The normalized spacial score (nSPS) is 36.4. The summed E-state index contributed by atoms with van der Waals surface area (Å²) in [4.78, 5) is 11.7. The van der Waals surface area contributed by atoms with Gasteiger partial charge in [-0.2, -0.15) is 0 Å². The minimum atomic E-state index is -0.114. The van der Waals surface area contributed by atoms with Gasteiger partial charge in [-0.3, -0.25) is 0 Å². The summed E-state index contributed by atoms with van der Waals surface area (Å²) in [5.41, 5.74) is 2.97. The van der Waals surface area contributed by atoms with Crippen LogP contribution in [0.3, 0.4) is 0 Å². The third-order valence-corrected chi connectivity index (χ3v) is 5.29. The second kappa shape index (κ2) is 4.12. The molecule has 0 bridgehead atoms. The van der Waals surface area contributed by atoms with E-state index < -0.39 is 0 Å². The summed E-state index contributed by atoms with van der Waals surface area (Å²) < 4.78 is 0. The van der Waals surface area contributed by atoms with Crippen LogP contribution in [0.1, 0.15) is 53.4 Å². The molecule has 0 saturated heterocycles. The van der Waals surface area contributed by atoms with Gasteiger partial charge in [-0.05, 0) is 50.9 Å². The molecule has 1 heteroatoms. The van der Waals surface area contributed by atoms with Crippen molar-refractivity contribution in [2.45, 2.75) is 53.4 Å². The zero-order valence-corrected chi connectivity index (χ0v) is 11.5. The molecule has 0 N–H and O–H groups in total. The van der Waals surface area contributed by atoms with Crippen LogP contribution in [0.5, 0.6) is 0 Å². The molecular formula is C16H24O. The molecule has 0 aromatic heterocycles. The summed E-state index contributed by atoms with van der Waals surface area (Å²) in [7, 11) is 0. The highest BCUT2D eigenvalue weighted by Gasteiger charge is 2.48. The van der Waals surface area contributed by atoms with Crippen molar-refractivity contribution in [3.8, 4) is 0 Å². The summed E-state index contributed by atoms with van der Waals surface area (Å²) in [6, 6.07) is 0. The first kappa shape index (κ1) is 12.6. The number of hydrogen-bond donors (Lipinski definition) is 0. The Morgan fingerprint density at radius 2 is 2.00 bits per heavy atom. The second-order valence-electron chi connectivity index (χ2n) is 6.50. The highest BCUT2D eigenvalue weighted by Crippen LogP contribution is 2.55. The predicted octanol–water partition coefficient (Wildman–Crippen LogP) is 4.29. The van der Waals surface area contributed by atoms with Crippen LogP contribution in [-0.2, 0) is 4.79 Å². The summed E-state index contributed by atoms with van der Waals surface area (Å²) in [5, 5.41) is 0. The number of allylic oxidation sites excluding steroid dienone is 4. The molecule has 0 amide bonds. The van der Waals surface area contributed by atoms with Crippen molar-refractivity contribution in [2.24, 2.45) is 16.7 Å². The van der Waals surface area contributed by atoms with Gasteiger partial charge in [-0.25, -0.2) is 0 Å². The van der Waals surface area contributed by atoms with Crippen LogP contribution in [0.15, 0.2) is 23.3 Å². The Kier molecular flexibility index (Phi) is 3.05. The predicted molar refractivity (Wildman–Crippen MR) is 71.8 cm³/mol. The maximum absolute atomic E-state index is 11.7. The maximum atomic E-state index is 11.7. The highest BCUT2D eigenvalue weighted by molar-refractivity contribution is 5.62. The number of aldehydes is 1. The van der Waals surface area contributed by atoms with Gasteiger partial charge in [-0.15, -0.1) is 0 Å². The van der Waals surface area contributed by atoms with Crippen molar-refractivity contribution >= 4 is 6.29 Å². The molecule has 2 aliphatic carbocycles. The third-order valence-electron chi connectivity index (χ3n) is 5.29. The summed E-state index contributed by atoms with van der Waals surface area (Å²) in [6.45, 7) is 8.99. The zero-order chi connectivity index (χ0) is 12.7. The van der Waals surface area contributed by atoms with E-state index in [4.69, 9.17) is 0 Å². The quantitative estimate of drug-likeness (QED) is 0.512. The largest absolute Gasteiger partial charge is 0.303 e. The van der Waals surface area contributed by atoms with Crippen LogP contribution in [0.4, 0.5) is 0 Å². The molecule has 0 fully saturated rings. The van der Waals surface area contributed by atoms with Crippen LogP contribution >= 0.6 is 0 Å². The van der Waals surface area contributed by atoms with E-state index in [0.717, 1.165) is 25.7 Å². The summed E-state index contributed by atoms with van der Waals surface area (Å²) >= 11 is 0. The maximum Gasteiger partial charge on any atom is 0.126 e. The lowest BCUT2D eigenvalue weighted by molar-refractivity contribution is -0.121. The Balaban J connectivity index is 2.30. The zero-order valence-electron chi connectivity index (χ0n) is 11.5. The van der Waals surface area contributed by atoms with E-state index in [1.54, 1.807) is 0 Å². The van der Waals surface area contributed by atoms with Crippen LogP contribution < -0.4 is 0 Å². The summed E-state index contributed by atoms with van der Waals surface area (Å²) in [6.07, 6.45) is 10.0. The average molecular weight is 232 g/mol. The molecule has 2 unspecified atom stereocenters. The van der Waals surface area contributed by atoms with Crippen molar-refractivity contribution in [2.75, 3.05) is 0 Å². The van der Waals surface area contributed by atoms with Gasteiger partial charge in [0.05, 0.1) is 0 Å². The Hall–Kier alpha value is -0.850. The van der Waals surface area contributed by atoms with Crippen LogP contribution in [0.25, 0.3) is 0 Å². The SMILES string of the molecule is CC1=CCC(C=O)(C2CC=C(C)C2(C)C)CC1. The molecule has 0 aliphatic heterocycles. The van der Waals surface area contributed by atoms with E-state index in [9.17, 15) is 4.79 Å². The fourth-order valence-corrected chi connectivity index (χ4v) is 3.58. The molecule has 0 heterocycles. The van der Waals surface area contributed by atoms with E-state index in [-0.39, 0.29) is 10.8 Å². The first-order chi connectivity index (χ1) is 7.92. The smallest absolute Gasteiger partial charge is 0.126 e. The standard InChI is InChI=1S/C16H24O/c1-12-7-9-16(11-17,10-8-12)14-6-5-13(2)15(14,3)4/h5,7,11,14H,6,8-10H2,1-4H3. The summed E-state index contributed by atoms with van der Waals surface area (Å²) in [5.74, 6) is 0.483. The van der Waals surface area contributed by atoms with Gasteiger partial charge in [0.2, 0.25) is 0 Å². The van der Waals surface area contributed by atoms with Crippen LogP contribution in [-0.4, -0.2) is 6.29 Å². The molecule has 2 rings (SSSR count). The minimum absolute atomic E-state index is 0.114. The second-order valence-corrected chi connectivity index (χ2v) is 6.50. The number of carbonyl (C=O) groups excluding carboxylic acids is 1. The fraction of sp³-hybridized carbons (Fsp3) is 0.688. The number of carbonyl (C=O) groups is 1. The Morgan fingerprint density at radius 1 is 1.29 bits per heavy atom. The Bertz CT molecular complexity index is 386. The van der Waals surface area contributed by atoms with Gasteiger partial charge in [0.25, 0.3) is 0 Å². The molecule has 2 atom stereocenters. The van der Waals surface area contributed by atoms with Gasteiger partial charge in [0, 0.05) is 5.41 Å². The topological polar surface area (TPSA) is 17.1 Å². The van der Waals surface area contributed by atoms with Crippen molar-refractivity contribution in [1.82, 2.24) is 0 Å². The van der Waals surface area contributed by atoms with Crippen molar-refractivity contribution in [3.05, 3.63) is 23.3 Å². The molecule has 0 aromatic carbocycles. The molecule has 0 radical (unpaired) electrons. The lowest BCUT2D eigenvalue weighted by atomic mass is 9.59. The monoisotopic (exact) mass is 232 g/mol. The first-order valence-electron chi connectivity index (χ1n) is 6.71. The molecule has 0 saturated carbocycles. The van der Waals surface area contributed by atoms with Crippen molar-refractivity contribution in [1.29, 1.82) is 0 Å². The minimum Gasteiger partial charge on any atom is -0.303 e.